The smallest absolute Gasteiger partial charge is 0.177 e. The third kappa shape index (κ3) is 1.24. The summed E-state index contributed by atoms with van der Waals surface area (Å²) in [6.07, 6.45) is 1.67. The van der Waals surface area contributed by atoms with Crippen LogP contribution in [0.1, 0.15) is 28.2 Å². The van der Waals surface area contributed by atoms with Gasteiger partial charge in [0, 0.05) is 12.1 Å². The Morgan fingerprint density at radius 3 is 2.76 bits per heavy atom. The van der Waals surface area contributed by atoms with Crippen LogP contribution in [0.15, 0.2) is 48.5 Å². The third-order valence-electron chi connectivity index (χ3n) is 5.03. The van der Waals surface area contributed by atoms with Crippen molar-refractivity contribution in [3.05, 3.63) is 65.5 Å². The molecule has 1 aliphatic heterocycles. The van der Waals surface area contributed by atoms with Crippen LogP contribution in [0, 0.1) is 0 Å². The van der Waals surface area contributed by atoms with Gasteiger partial charge in [0.15, 0.2) is 5.78 Å². The number of rotatable bonds is 0. The van der Waals surface area contributed by atoms with Gasteiger partial charge in [-0.25, -0.2) is 4.98 Å². The number of imidazole rings is 1. The maximum atomic E-state index is 13.0. The van der Waals surface area contributed by atoms with E-state index in [0.29, 0.717) is 0 Å². The first-order chi connectivity index (χ1) is 10.3. The molecule has 0 fully saturated rings. The lowest BCUT2D eigenvalue weighted by molar-refractivity contribution is 0.0900. The zero-order chi connectivity index (χ0) is 14.0. The van der Waals surface area contributed by atoms with Crippen molar-refractivity contribution in [2.24, 2.45) is 0 Å². The first-order valence-corrected chi connectivity index (χ1v) is 7.38. The molecule has 1 aliphatic carbocycles. The number of carbonyl (C=O) groups is 1. The van der Waals surface area contributed by atoms with Crippen LogP contribution in [0.3, 0.4) is 0 Å². The number of carbonyl (C=O) groups excluding carboxylic acids is 1. The second-order valence-corrected chi connectivity index (χ2v) is 6.07. The maximum Gasteiger partial charge on any atom is 0.177 e. The summed E-state index contributed by atoms with van der Waals surface area (Å²) >= 11 is 0. The highest BCUT2D eigenvalue weighted by Gasteiger charge is 2.52. The van der Waals surface area contributed by atoms with E-state index in [1.807, 2.05) is 36.4 Å². The van der Waals surface area contributed by atoms with E-state index in [2.05, 4.69) is 16.7 Å². The highest BCUT2D eigenvalue weighted by Crippen LogP contribution is 2.46. The van der Waals surface area contributed by atoms with Crippen LogP contribution in [0.5, 0.6) is 0 Å². The zero-order valence-corrected chi connectivity index (χ0v) is 11.5. The molecule has 1 atom stereocenters. The van der Waals surface area contributed by atoms with Crippen molar-refractivity contribution in [1.29, 1.82) is 0 Å². The number of hydrogen-bond donors (Lipinski definition) is 0. The quantitative estimate of drug-likeness (QED) is 0.631. The minimum atomic E-state index is -0.428. The van der Waals surface area contributed by atoms with E-state index < -0.39 is 5.41 Å². The first-order valence-electron chi connectivity index (χ1n) is 7.38. The number of nitrogens with zero attached hydrogens (tertiary/aromatic N) is 2. The van der Waals surface area contributed by atoms with Gasteiger partial charge in [0.2, 0.25) is 0 Å². The number of ketones is 1. The normalized spacial score (nSPS) is 23.0. The van der Waals surface area contributed by atoms with E-state index in [9.17, 15) is 4.79 Å². The molecule has 0 radical (unpaired) electrons. The van der Waals surface area contributed by atoms with E-state index in [1.54, 1.807) is 0 Å². The summed E-state index contributed by atoms with van der Waals surface area (Å²) in [7, 11) is 0. The van der Waals surface area contributed by atoms with Gasteiger partial charge < -0.3 is 4.57 Å². The summed E-state index contributed by atoms with van der Waals surface area (Å²) in [5, 5.41) is 0. The van der Waals surface area contributed by atoms with Crippen molar-refractivity contribution in [3.8, 4) is 0 Å². The Hall–Kier alpha value is -2.42. The van der Waals surface area contributed by atoms with Crippen LogP contribution < -0.4 is 0 Å². The molecular weight excluding hydrogens is 260 g/mol. The monoisotopic (exact) mass is 274 g/mol. The number of Topliss-reactive ketones (excluding diaryl/α,β-unsaturated/α-hetero) is 1. The van der Waals surface area contributed by atoms with Crippen LogP contribution in [-0.4, -0.2) is 15.3 Å². The number of aromatic nitrogens is 2. The second kappa shape index (κ2) is 3.61. The Kier molecular flexibility index (Phi) is 1.94. The molecule has 1 aromatic heterocycles. The molecule has 3 nitrogen and oxygen atoms in total. The van der Waals surface area contributed by atoms with Gasteiger partial charge in [0.05, 0.1) is 16.4 Å². The fraction of sp³-hybridized carbons (Fsp3) is 0.222. The highest BCUT2D eigenvalue weighted by molar-refractivity contribution is 6.08. The van der Waals surface area contributed by atoms with Crippen LogP contribution in [0.4, 0.5) is 0 Å². The summed E-state index contributed by atoms with van der Waals surface area (Å²) in [4.78, 5) is 17.8. The SMILES string of the molecule is O=C1c2ccccc2CC12CCn1c2nc2ccccc21. The summed E-state index contributed by atoms with van der Waals surface area (Å²) in [5.74, 6) is 1.22. The molecule has 0 saturated heterocycles. The van der Waals surface area contributed by atoms with Crippen molar-refractivity contribution < 1.29 is 4.79 Å². The first kappa shape index (κ1) is 11.3. The molecular formula is C18H14N2O. The van der Waals surface area contributed by atoms with E-state index in [-0.39, 0.29) is 5.78 Å². The fourth-order valence-corrected chi connectivity index (χ4v) is 4.02. The molecule has 0 N–H and O–H groups in total. The van der Waals surface area contributed by atoms with Crippen molar-refractivity contribution in [2.45, 2.75) is 24.8 Å². The Bertz CT molecular complexity index is 908. The fourth-order valence-electron chi connectivity index (χ4n) is 4.02. The highest BCUT2D eigenvalue weighted by atomic mass is 16.1. The van der Waals surface area contributed by atoms with Crippen LogP contribution in [0.2, 0.25) is 0 Å². The summed E-state index contributed by atoms with van der Waals surface area (Å²) in [5.41, 5.74) is 3.77. The van der Waals surface area contributed by atoms with E-state index in [1.165, 1.54) is 5.56 Å². The Morgan fingerprint density at radius 1 is 1.05 bits per heavy atom. The topological polar surface area (TPSA) is 34.9 Å². The molecule has 0 amide bonds. The van der Waals surface area contributed by atoms with Crippen molar-refractivity contribution in [1.82, 2.24) is 9.55 Å². The van der Waals surface area contributed by atoms with Gasteiger partial charge in [-0.2, -0.15) is 0 Å². The van der Waals surface area contributed by atoms with Crippen LogP contribution >= 0.6 is 0 Å². The van der Waals surface area contributed by atoms with Gasteiger partial charge in [0.25, 0.3) is 0 Å². The molecule has 0 saturated carbocycles. The van der Waals surface area contributed by atoms with E-state index >= 15 is 0 Å². The average molecular weight is 274 g/mol. The van der Waals surface area contributed by atoms with Crippen molar-refractivity contribution in [2.75, 3.05) is 0 Å². The summed E-state index contributed by atoms with van der Waals surface area (Å²) in [6, 6.07) is 16.2. The van der Waals surface area contributed by atoms with Gasteiger partial charge in [-0.05, 0) is 30.5 Å². The largest absolute Gasteiger partial charge is 0.327 e. The molecule has 3 heteroatoms. The maximum absolute atomic E-state index is 13.0. The zero-order valence-electron chi connectivity index (χ0n) is 11.5. The predicted octanol–water partition coefficient (Wildman–Crippen LogP) is 3.12. The molecule has 1 unspecified atom stereocenters. The van der Waals surface area contributed by atoms with E-state index in [4.69, 9.17) is 4.98 Å². The number of aryl methyl sites for hydroxylation is 1. The van der Waals surface area contributed by atoms with Crippen molar-refractivity contribution in [3.63, 3.8) is 0 Å². The Labute approximate surface area is 122 Å². The number of para-hydroxylation sites is 2. The number of benzene rings is 2. The standard InChI is InChI=1S/C18H14N2O/c21-16-13-6-2-1-5-12(13)11-18(16)9-10-20-15-8-4-3-7-14(15)19-17(18)20/h1-8H,9-11H2. The van der Waals surface area contributed by atoms with Gasteiger partial charge in [-0.1, -0.05) is 36.4 Å². The second-order valence-electron chi connectivity index (χ2n) is 6.07. The molecule has 2 aromatic carbocycles. The van der Waals surface area contributed by atoms with E-state index in [0.717, 1.165) is 41.8 Å². The average Bonchev–Trinajstić information content (AvgIpc) is 3.14. The Balaban J connectivity index is 1.77. The summed E-state index contributed by atoms with van der Waals surface area (Å²) in [6.45, 7) is 0.884. The van der Waals surface area contributed by atoms with Crippen molar-refractivity contribution >= 4 is 16.8 Å². The lowest BCUT2D eigenvalue weighted by atomic mass is 9.82. The minimum absolute atomic E-state index is 0.257. The minimum Gasteiger partial charge on any atom is -0.327 e. The van der Waals surface area contributed by atoms with Gasteiger partial charge in [-0.3, -0.25) is 4.79 Å². The van der Waals surface area contributed by atoms with Crippen LogP contribution in [0.25, 0.3) is 11.0 Å². The molecule has 102 valence electrons. The molecule has 21 heavy (non-hydrogen) atoms. The molecule has 2 aliphatic rings. The van der Waals surface area contributed by atoms with Crippen LogP contribution in [-0.2, 0) is 18.4 Å². The lowest BCUT2D eigenvalue weighted by Gasteiger charge is -2.18. The Morgan fingerprint density at radius 2 is 1.86 bits per heavy atom. The number of fused-ring (bicyclic) bond motifs is 5. The summed E-state index contributed by atoms with van der Waals surface area (Å²) < 4.78 is 2.24. The molecule has 1 spiro atoms. The van der Waals surface area contributed by atoms with Gasteiger partial charge in [-0.15, -0.1) is 0 Å². The predicted molar refractivity (Wildman–Crippen MR) is 80.5 cm³/mol. The molecule has 3 aromatic rings. The third-order valence-corrected chi connectivity index (χ3v) is 5.03. The molecule has 5 rings (SSSR count). The lowest BCUT2D eigenvalue weighted by Crippen LogP contribution is -2.31. The van der Waals surface area contributed by atoms with Gasteiger partial charge >= 0.3 is 0 Å². The molecule has 0 bridgehead atoms. The van der Waals surface area contributed by atoms with Gasteiger partial charge in [0.1, 0.15) is 5.82 Å². The number of hydrogen-bond acceptors (Lipinski definition) is 2. The molecule has 2 heterocycles.